The number of amides is 1. The summed E-state index contributed by atoms with van der Waals surface area (Å²) >= 11 is 0. The number of aromatic hydroxyl groups is 1. The van der Waals surface area contributed by atoms with Gasteiger partial charge in [-0.05, 0) is 29.7 Å². The Balaban J connectivity index is 2.11. The average molecular weight is 298 g/mol. The van der Waals surface area contributed by atoms with Gasteiger partial charge < -0.3 is 16.2 Å². The lowest BCUT2D eigenvalue weighted by atomic mass is 9.94. The molecule has 4 nitrogen and oxygen atoms in total. The van der Waals surface area contributed by atoms with E-state index in [9.17, 15) is 9.90 Å². The lowest BCUT2D eigenvalue weighted by Gasteiger charge is -2.20. The Morgan fingerprint density at radius 1 is 1.23 bits per heavy atom. The topological polar surface area (TPSA) is 75.3 Å². The molecule has 0 bridgehead atoms. The normalized spacial score (nSPS) is 13.4. The molecule has 0 fully saturated rings. The van der Waals surface area contributed by atoms with Crippen LogP contribution >= 0.6 is 0 Å². The zero-order valence-electron chi connectivity index (χ0n) is 12.9. The molecule has 0 saturated carbocycles. The van der Waals surface area contributed by atoms with Crippen LogP contribution in [0.25, 0.3) is 0 Å². The van der Waals surface area contributed by atoms with Crippen molar-refractivity contribution in [3.05, 3.63) is 59.7 Å². The molecule has 2 atom stereocenters. The van der Waals surface area contributed by atoms with Crippen molar-refractivity contribution in [2.75, 3.05) is 5.32 Å². The highest BCUT2D eigenvalue weighted by Crippen LogP contribution is 2.27. The molecule has 2 rings (SSSR count). The first-order valence-electron chi connectivity index (χ1n) is 7.46. The van der Waals surface area contributed by atoms with Crippen molar-refractivity contribution in [2.24, 2.45) is 11.7 Å². The minimum Gasteiger partial charge on any atom is -0.506 e. The SMILES string of the molecule is CCc1ccc(O)c(NC(=O)C(C)C(N)c2ccccc2)c1. The molecule has 1 amide bonds. The number of hydrogen-bond donors (Lipinski definition) is 3. The van der Waals surface area contributed by atoms with Gasteiger partial charge in [-0.1, -0.05) is 50.2 Å². The summed E-state index contributed by atoms with van der Waals surface area (Å²) in [6.07, 6.45) is 0.836. The fraction of sp³-hybridized carbons (Fsp3) is 0.278. The molecule has 2 aromatic rings. The van der Waals surface area contributed by atoms with Crippen LogP contribution in [0.5, 0.6) is 5.75 Å². The number of anilines is 1. The maximum atomic E-state index is 12.4. The van der Waals surface area contributed by atoms with Gasteiger partial charge in [-0.3, -0.25) is 4.79 Å². The number of hydrogen-bond acceptors (Lipinski definition) is 3. The summed E-state index contributed by atoms with van der Waals surface area (Å²) in [4.78, 5) is 12.4. The van der Waals surface area contributed by atoms with Gasteiger partial charge in [0.15, 0.2) is 0 Å². The van der Waals surface area contributed by atoms with E-state index in [0.717, 1.165) is 17.5 Å². The van der Waals surface area contributed by atoms with Crippen molar-refractivity contribution >= 4 is 11.6 Å². The predicted octanol–water partition coefficient (Wildman–Crippen LogP) is 3.23. The number of rotatable bonds is 5. The Kier molecular flexibility index (Phi) is 5.17. The van der Waals surface area contributed by atoms with Gasteiger partial charge in [-0.2, -0.15) is 0 Å². The van der Waals surface area contributed by atoms with E-state index in [-0.39, 0.29) is 11.7 Å². The quantitative estimate of drug-likeness (QED) is 0.742. The summed E-state index contributed by atoms with van der Waals surface area (Å²) in [5, 5.41) is 12.6. The van der Waals surface area contributed by atoms with Gasteiger partial charge >= 0.3 is 0 Å². The highest BCUT2D eigenvalue weighted by atomic mass is 16.3. The van der Waals surface area contributed by atoms with Gasteiger partial charge in [-0.25, -0.2) is 0 Å². The monoisotopic (exact) mass is 298 g/mol. The molecule has 2 aromatic carbocycles. The number of nitrogens with one attached hydrogen (secondary N) is 1. The molecular weight excluding hydrogens is 276 g/mol. The maximum absolute atomic E-state index is 12.4. The van der Waals surface area contributed by atoms with Crippen LogP contribution in [-0.4, -0.2) is 11.0 Å². The Hall–Kier alpha value is -2.33. The van der Waals surface area contributed by atoms with E-state index < -0.39 is 12.0 Å². The van der Waals surface area contributed by atoms with Gasteiger partial charge in [-0.15, -0.1) is 0 Å². The molecule has 0 radical (unpaired) electrons. The van der Waals surface area contributed by atoms with E-state index in [2.05, 4.69) is 5.32 Å². The van der Waals surface area contributed by atoms with E-state index >= 15 is 0 Å². The van der Waals surface area contributed by atoms with Crippen molar-refractivity contribution in [2.45, 2.75) is 26.3 Å². The number of aryl methyl sites for hydroxylation is 1. The average Bonchev–Trinajstić information content (AvgIpc) is 2.56. The highest BCUT2D eigenvalue weighted by molar-refractivity contribution is 5.94. The van der Waals surface area contributed by atoms with Crippen molar-refractivity contribution in [3.63, 3.8) is 0 Å². The third kappa shape index (κ3) is 3.65. The summed E-state index contributed by atoms with van der Waals surface area (Å²) in [5.41, 5.74) is 8.55. The number of carbonyl (C=O) groups excluding carboxylic acids is 1. The predicted molar refractivity (Wildman–Crippen MR) is 88.6 cm³/mol. The smallest absolute Gasteiger partial charge is 0.229 e. The van der Waals surface area contributed by atoms with Crippen LogP contribution in [0.15, 0.2) is 48.5 Å². The van der Waals surface area contributed by atoms with Gasteiger partial charge in [0.1, 0.15) is 5.75 Å². The molecule has 0 aromatic heterocycles. The molecule has 0 aliphatic heterocycles. The summed E-state index contributed by atoms with van der Waals surface area (Å²) in [6.45, 7) is 3.81. The molecule has 22 heavy (non-hydrogen) atoms. The minimum atomic E-state index is -0.410. The Morgan fingerprint density at radius 3 is 2.55 bits per heavy atom. The highest BCUT2D eigenvalue weighted by Gasteiger charge is 2.22. The lowest BCUT2D eigenvalue weighted by molar-refractivity contribution is -0.120. The van der Waals surface area contributed by atoms with Crippen LogP contribution in [0.3, 0.4) is 0 Å². The molecule has 0 aliphatic rings. The Morgan fingerprint density at radius 2 is 1.91 bits per heavy atom. The zero-order chi connectivity index (χ0) is 16.1. The van der Waals surface area contributed by atoms with E-state index in [1.807, 2.05) is 43.3 Å². The second-order valence-electron chi connectivity index (χ2n) is 5.42. The fourth-order valence-corrected chi connectivity index (χ4v) is 2.28. The van der Waals surface area contributed by atoms with Gasteiger partial charge in [0.25, 0.3) is 0 Å². The standard InChI is InChI=1S/C18H22N2O2/c1-3-13-9-10-16(21)15(11-13)20-18(22)12(2)17(19)14-7-5-4-6-8-14/h4-12,17,21H,3,19H2,1-2H3,(H,20,22). The van der Waals surface area contributed by atoms with Crippen LogP contribution in [0.2, 0.25) is 0 Å². The second kappa shape index (κ2) is 7.09. The number of benzene rings is 2. The molecular formula is C18H22N2O2. The first-order chi connectivity index (χ1) is 10.5. The van der Waals surface area contributed by atoms with E-state index in [4.69, 9.17) is 5.73 Å². The Bertz CT molecular complexity index is 641. The molecule has 0 saturated heterocycles. The van der Waals surface area contributed by atoms with E-state index in [0.29, 0.717) is 5.69 Å². The number of carbonyl (C=O) groups is 1. The lowest BCUT2D eigenvalue weighted by Crippen LogP contribution is -2.30. The zero-order valence-corrected chi connectivity index (χ0v) is 12.9. The minimum absolute atomic E-state index is 0.0611. The van der Waals surface area contributed by atoms with Crippen LogP contribution in [0.1, 0.15) is 31.0 Å². The molecule has 116 valence electrons. The third-order valence-corrected chi connectivity index (χ3v) is 3.86. The first kappa shape index (κ1) is 16.0. The van der Waals surface area contributed by atoms with Gasteiger partial charge in [0.05, 0.1) is 11.6 Å². The maximum Gasteiger partial charge on any atom is 0.229 e. The number of nitrogens with two attached hydrogens (primary N) is 1. The van der Waals surface area contributed by atoms with Crippen LogP contribution in [-0.2, 0) is 11.2 Å². The van der Waals surface area contributed by atoms with Gasteiger partial charge in [0.2, 0.25) is 5.91 Å². The molecule has 0 aliphatic carbocycles. The van der Waals surface area contributed by atoms with Crippen LogP contribution in [0.4, 0.5) is 5.69 Å². The Labute approximate surface area is 131 Å². The molecule has 0 heterocycles. The first-order valence-corrected chi connectivity index (χ1v) is 7.46. The van der Waals surface area contributed by atoms with Crippen molar-refractivity contribution in [1.29, 1.82) is 0 Å². The summed E-state index contributed by atoms with van der Waals surface area (Å²) < 4.78 is 0. The van der Waals surface area contributed by atoms with E-state index in [1.54, 1.807) is 19.1 Å². The third-order valence-electron chi connectivity index (χ3n) is 3.86. The molecule has 2 unspecified atom stereocenters. The van der Waals surface area contributed by atoms with E-state index in [1.165, 1.54) is 0 Å². The fourth-order valence-electron chi connectivity index (χ4n) is 2.28. The number of phenols is 1. The van der Waals surface area contributed by atoms with Crippen molar-refractivity contribution < 1.29 is 9.90 Å². The van der Waals surface area contributed by atoms with Crippen molar-refractivity contribution in [3.8, 4) is 5.75 Å². The summed E-state index contributed by atoms with van der Waals surface area (Å²) in [6, 6.07) is 14.3. The van der Waals surface area contributed by atoms with Crippen LogP contribution in [0, 0.1) is 5.92 Å². The largest absolute Gasteiger partial charge is 0.506 e. The molecule has 4 heteroatoms. The van der Waals surface area contributed by atoms with Gasteiger partial charge in [0, 0.05) is 6.04 Å². The molecule has 0 spiro atoms. The number of phenolic OH excluding ortho intramolecular Hbond substituents is 1. The molecule has 4 N–H and O–H groups in total. The van der Waals surface area contributed by atoms with Crippen molar-refractivity contribution in [1.82, 2.24) is 0 Å². The summed E-state index contributed by atoms with van der Waals surface area (Å²) in [7, 11) is 0. The van der Waals surface area contributed by atoms with Crippen LogP contribution < -0.4 is 11.1 Å². The second-order valence-corrected chi connectivity index (χ2v) is 5.42. The summed E-state index contributed by atoms with van der Waals surface area (Å²) in [5.74, 6) is -0.557.